The summed E-state index contributed by atoms with van der Waals surface area (Å²) >= 11 is 0. The second-order valence-electron chi connectivity index (χ2n) is 4.54. The molecule has 19 heavy (non-hydrogen) atoms. The predicted octanol–water partition coefficient (Wildman–Crippen LogP) is 1.55. The fraction of sp³-hybridized carbons (Fsp3) is 0.429. The minimum atomic E-state index is -0.671. The van der Waals surface area contributed by atoms with Gasteiger partial charge in [-0.3, -0.25) is 9.59 Å². The van der Waals surface area contributed by atoms with Crippen LogP contribution in [0.1, 0.15) is 30.1 Å². The van der Waals surface area contributed by atoms with Crippen molar-refractivity contribution in [3.05, 3.63) is 23.8 Å². The van der Waals surface area contributed by atoms with Crippen molar-refractivity contribution in [3.8, 4) is 11.5 Å². The summed E-state index contributed by atoms with van der Waals surface area (Å²) in [6.07, 6.45) is 2.05. The SMILES string of the molecule is COc1cccc(C=O)c1OC(C)C(=O)NC1CC1. The quantitative estimate of drug-likeness (QED) is 0.791. The van der Waals surface area contributed by atoms with Crippen LogP contribution in [0.2, 0.25) is 0 Å². The normalized spacial score (nSPS) is 15.5. The molecule has 0 aliphatic heterocycles. The molecule has 0 radical (unpaired) electrons. The standard InChI is InChI=1S/C14H17NO4/c1-9(14(17)15-11-6-7-11)19-13-10(8-16)4-3-5-12(13)18-2/h3-5,8-9,11H,6-7H2,1-2H3,(H,15,17). The summed E-state index contributed by atoms with van der Waals surface area (Å²) in [6, 6.07) is 5.29. The topological polar surface area (TPSA) is 64.6 Å². The maximum atomic E-state index is 11.8. The largest absolute Gasteiger partial charge is 0.493 e. The van der Waals surface area contributed by atoms with Crippen LogP contribution < -0.4 is 14.8 Å². The molecule has 0 saturated heterocycles. The minimum Gasteiger partial charge on any atom is -0.493 e. The van der Waals surface area contributed by atoms with Crippen LogP contribution in [0.3, 0.4) is 0 Å². The molecule has 1 amide bonds. The van der Waals surface area contributed by atoms with Crippen molar-refractivity contribution in [1.82, 2.24) is 5.32 Å². The fourth-order valence-corrected chi connectivity index (χ4v) is 1.69. The van der Waals surface area contributed by atoms with E-state index in [0.29, 0.717) is 23.3 Å². The van der Waals surface area contributed by atoms with Crippen molar-refractivity contribution < 1.29 is 19.1 Å². The van der Waals surface area contributed by atoms with Crippen LogP contribution in [0.15, 0.2) is 18.2 Å². The van der Waals surface area contributed by atoms with Gasteiger partial charge in [-0.1, -0.05) is 6.07 Å². The zero-order valence-electron chi connectivity index (χ0n) is 11.0. The first-order valence-electron chi connectivity index (χ1n) is 6.25. The summed E-state index contributed by atoms with van der Waals surface area (Å²) in [5, 5.41) is 2.86. The first-order valence-corrected chi connectivity index (χ1v) is 6.25. The lowest BCUT2D eigenvalue weighted by Crippen LogP contribution is -2.37. The molecule has 1 aromatic carbocycles. The number of amides is 1. The van der Waals surface area contributed by atoms with Gasteiger partial charge >= 0.3 is 0 Å². The third kappa shape index (κ3) is 3.24. The molecule has 1 aromatic rings. The van der Waals surface area contributed by atoms with E-state index in [2.05, 4.69) is 5.32 Å². The van der Waals surface area contributed by atoms with Gasteiger partial charge in [-0.25, -0.2) is 0 Å². The second-order valence-corrected chi connectivity index (χ2v) is 4.54. The highest BCUT2D eigenvalue weighted by Crippen LogP contribution is 2.31. The summed E-state index contributed by atoms with van der Waals surface area (Å²) in [5.74, 6) is 0.569. The number of nitrogens with one attached hydrogen (secondary N) is 1. The van der Waals surface area contributed by atoms with E-state index in [0.717, 1.165) is 12.8 Å². The molecule has 1 aliphatic carbocycles. The number of ether oxygens (including phenoxy) is 2. The maximum absolute atomic E-state index is 11.8. The summed E-state index contributed by atoms with van der Waals surface area (Å²) in [4.78, 5) is 22.8. The summed E-state index contributed by atoms with van der Waals surface area (Å²) in [7, 11) is 1.49. The van der Waals surface area contributed by atoms with Crippen molar-refractivity contribution in [2.75, 3.05) is 7.11 Å². The van der Waals surface area contributed by atoms with Gasteiger partial charge in [0.1, 0.15) is 0 Å². The first kappa shape index (κ1) is 13.4. The number of carbonyl (C=O) groups is 2. The Kier molecular flexibility index (Phi) is 4.04. The van der Waals surface area contributed by atoms with Crippen LogP contribution >= 0.6 is 0 Å². The zero-order valence-corrected chi connectivity index (χ0v) is 11.0. The lowest BCUT2D eigenvalue weighted by Gasteiger charge is -2.17. The number of rotatable bonds is 6. The Morgan fingerprint density at radius 2 is 2.21 bits per heavy atom. The molecular formula is C14H17NO4. The summed E-state index contributed by atoms with van der Waals surface area (Å²) in [6.45, 7) is 1.65. The average molecular weight is 263 g/mol. The van der Waals surface area contributed by atoms with Crippen LogP contribution in [-0.2, 0) is 4.79 Å². The molecule has 0 bridgehead atoms. The number of methoxy groups -OCH3 is 1. The third-order valence-electron chi connectivity index (χ3n) is 2.94. The van der Waals surface area contributed by atoms with E-state index < -0.39 is 6.10 Å². The van der Waals surface area contributed by atoms with Gasteiger partial charge in [0.2, 0.25) is 0 Å². The number of carbonyl (C=O) groups excluding carboxylic acids is 2. The Morgan fingerprint density at radius 1 is 1.47 bits per heavy atom. The fourth-order valence-electron chi connectivity index (χ4n) is 1.69. The maximum Gasteiger partial charge on any atom is 0.260 e. The van der Waals surface area contributed by atoms with Gasteiger partial charge in [-0.2, -0.15) is 0 Å². The van der Waals surface area contributed by atoms with E-state index in [1.807, 2.05) is 0 Å². The van der Waals surface area contributed by atoms with Crippen LogP contribution in [0.4, 0.5) is 0 Å². The monoisotopic (exact) mass is 263 g/mol. The Morgan fingerprint density at radius 3 is 2.79 bits per heavy atom. The summed E-state index contributed by atoms with van der Waals surface area (Å²) in [5.41, 5.74) is 0.366. The molecule has 1 unspecified atom stereocenters. The Balaban J connectivity index is 2.11. The molecule has 0 spiro atoms. The molecule has 102 valence electrons. The van der Waals surface area contributed by atoms with E-state index in [1.54, 1.807) is 25.1 Å². The molecule has 0 heterocycles. The van der Waals surface area contributed by atoms with Gasteiger partial charge in [0.15, 0.2) is 23.9 Å². The van der Waals surface area contributed by atoms with Gasteiger partial charge in [0.25, 0.3) is 5.91 Å². The zero-order chi connectivity index (χ0) is 13.8. The van der Waals surface area contributed by atoms with Gasteiger partial charge in [0, 0.05) is 6.04 Å². The van der Waals surface area contributed by atoms with Gasteiger partial charge in [-0.15, -0.1) is 0 Å². The number of para-hydroxylation sites is 1. The van der Waals surface area contributed by atoms with E-state index in [-0.39, 0.29) is 11.9 Å². The Bertz CT molecular complexity index is 482. The van der Waals surface area contributed by atoms with Gasteiger partial charge < -0.3 is 14.8 Å². The smallest absolute Gasteiger partial charge is 0.260 e. The van der Waals surface area contributed by atoms with Crippen LogP contribution in [-0.4, -0.2) is 31.4 Å². The van der Waals surface area contributed by atoms with E-state index >= 15 is 0 Å². The predicted molar refractivity (Wildman–Crippen MR) is 69.6 cm³/mol. The van der Waals surface area contributed by atoms with Crippen LogP contribution in [0, 0.1) is 0 Å². The Labute approximate surface area is 111 Å². The van der Waals surface area contributed by atoms with E-state index in [9.17, 15) is 9.59 Å². The third-order valence-corrected chi connectivity index (χ3v) is 2.94. The molecule has 5 nitrogen and oxygen atoms in total. The molecule has 1 saturated carbocycles. The second kappa shape index (κ2) is 5.73. The number of aldehydes is 1. The van der Waals surface area contributed by atoms with Crippen LogP contribution in [0.5, 0.6) is 11.5 Å². The molecule has 1 N–H and O–H groups in total. The van der Waals surface area contributed by atoms with Crippen molar-refractivity contribution >= 4 is 12.2 Å². The molecule has 5 heteroatoms. The lowest BCUT2D eigenvalue weighted by molar-refractivity contribution is -0.127. The van der Waals surface area contributed by atoms with Gasteiger partial charge in [0.05, 0.1) is 12.7 Å². The van der Waals surface area contributed by atoms with Crippen molar-refractivity contribution in [3.63, 3.8) is 0 Å². The summed E-state index contributed by atoms with van der Waals surface area (Å²) < 4.78 is 10.7. The highest BCUT2D eigenvalue weighted by Gasteiger charge is 2.27. The van der Waals surface area contributed by atoms with Crippen LogP contribution in [0.25, 0.3) is 0 Å². The number of hydrogen-bond acceptors (Lipinski definition) is 4. The number of benzene rings is 1. The highest BCUT2D eigenvalue weighted by atomic mass is 16.5. The van der Waals surface area contributed by atoms with Crippen molar-refractivity contribution in [2.45, 2.75) is 31.9 Å². The average Bonchev–Trinajstić information content (AvgIpc) is 3.22. The van der Waals surface area contributed by atoms with Crippen molar-refractivity contribution in [2.24, 2.45) is 0 Å². The molecule has 2 rings (SSSR count). The van der Waals surface area contributed by atoms with E-state index in [4.69, 9.17) is 9.47 Å². The minimum absolute atomic E-state index is 0.176. The van der Waals surface area contributed by atoms with Gasteiger partial charge in [-0.05, 0) is 31.9 Å². The Hall–Kier alpha value is -2.04. The molecule has 0 aromatic heterocycles. The first-order chi connectivity index (χ1) is 9.15. The molecule has 1 fully saturated rings. The lowest BCUT2D eigenvalue weighted by atomic mass is 10.2. The molecule has 1 aliphatic rings. The van der Waals surface area contributed by atoms with E-state index in [1.165, 1.54) is 7.11 Å². The molecular weight excluding hydrogens is 246 g/mol. The highest BCUT2D eigenvalue weighted by molar-refractivity contribution is 5.84. The number of hydrogen-bond donors (Lipinski definition) is 1. The molecule has 1 atom stereocenters. The van der Waals surface area contributed by atoms with Crippen molar-refractivity contribution in [1.29, 1.82) is 0 Å².